The van der Waals surface area contributed by atoms with E-state index in [1.807, 2.05) is 12.1 Å². The number of hydrogen-bond acceptors (Lipinski definition) is 3. The number of carbonyl (C=O) groups excluding carboxylic acids is 1. The maximum Gasteiger partial charge on any atom is 0.258 e. The van der Waals surface area contributed by atoms with E-state index in [4.69, 9.17) is 4.74 Å². The lowest BCUT2D eigenvalue weighted by Crippen LogP contribution is -2.38. The summed E-state index contributed by atoms with van der Waals surface area (Å²) >= 11 is 3.22. The molecule has 0 bridgehead atoms. The Morgan fingerprint density at radius 1 is 1.19 bits per heavy atom. The first-order valence-corrected chi connectivity index (χ1v) is 9.91. The molecule has 0 aliphatic heterocycles. The molecule has 0 atom stereocenters. The van der Waals surface area contributed by atoms with Crippen molar-refractivity contribution in [3.63, 3.8) is 0 Å². The summed E-state index contributed by atoms with van der Waals surface area (Å²) in [6.07, 6.45) is 7.31. The second-order valence-electron chi connectivity index (χ2n) is 6.61. The fourth-order valence-electron chi connectivity index (χ4n) is 3.05. The van der Waals surface area contributed by atoms with Crippen LogP contribution in [-0.2, 0) is 4.79 Å². The van der Waals surface area contributed by atoms with Gasteiger partial charge in [0, 0.05) is 16.7 Å². The van der Waals surface area contributed by atoms with Gasteiger partial charge < -0.3 is 10.1 Å². The number of ether oxygens (including phenoxy) is 1. The summed E-state index contributed by atoms with van der Waals surface area (Å²) in [5.74, 6) is 0.142. The van der Waals surface area contributed by atoms with Crippen molar-refractivity contribution in [1.82, 2.24) is 5.32 Å². The summed E-state index contributed by atoms with van der Waals surface area (Å²) < 4.78 is 20.0. The number of rotatable bonds is 6. The van der Waals surface area contributed by atoms with Gasteiger partial charge in [0.15, 0.2) is 6.61 Å². The number of aliphatic imine (C=N–C) groups is 1. The molecule has 1 aliphatic carbocycles. The van der Waals surface area contributed by atoms with Gasteiger partial charge in [-0.1, -0.05) is 35.2 Å². The molecule has 2 aromatic carbocycles. The van der Waals surface area contributed by atoms with Crippen molar-refractivity contribution in [2.24, 2.45) is 4.99 Å². The molecule has 1 aliphatic rings. The van der Waals surface area contributed by atoms with Crippen LogP contribution >= 0.6 is 15.9 Å². The molecule has 1 fully saturated rings. The van der Waals surface area contributed by atoms with Crippen molar-refractivity contribution in [3.8, 4) is 5.75 Å². The first-order chi connectivity index (χ1) is 13.1. The Labute approximate surface area is 167 Å². The van der Waals surface area contributed by atoms with Crippen LogP contribution in [0, 0.1) is 5.82 Å². The molecule has 4 nitrogen and oxygen atoms in total. The predicted octanol–water partition coefficient (Wildman–Crippen LogP) is 5.17. The Kier molecular flexibility index (Phi) is 6.98. The van der Waals surface area contributed by atoms with Crippen LogP contribution < -0.4 is 10.1 Å². The average molecular weight is 433 g/mol. The Morgan fingerprint density at radius 3 is 2.63 bits per heavy atom. The third-order valence-electron chi connectivity index (χ3n) is 4.48. The van der Waals surface area contributed by atoms with Crippen molar-refractivity contribution < 1.29 is 13.9 Å². The maximum absolute atomic E-state index is 13.8. The molecule has 3 rings (SSSR count). The summed E-state index contributed by atoms with van der Waals surface area (Å²) in [5, 5.41) is 3.02. The van der Waals surface area contributed by atoms with Crippen LogP contribution in [0.15, 0.2) is 51.9 Å². The minimum Gasteiger partial charge on any atom is -0.484 e. The van der Waals surface area contributed by atoms with Crippen molar-refractivity contribution in [2.75, 3.05) is 6.61 Å². The molecule has 0 radical (unpaired) electrons. The van der Waals surface area contributed by atoms with Crippen LogP contribution in [0.25, 0.3) is 0 Å². The predicted molar refractivity (Wildman–Crippen MR) is 108 cm³/mol. The molecule has 142 valence electrons. The Morgan fingerprint density at radius 2 is 1.93 bits per heavy atom. The topological polar surface area (TPSA) is 50.7 Å². The van der Waals surface area contributed by atoms with Crippen LogP contribution in [0.1, 0.15) is 37.7 Å². The molecule has 1 N–H and O–H groups in total. The third kappa shape index (κ3) is 6.17. The molecule has 27 heavy (non-hydrogen) atoms. The number of hydrogen-bond donors (Lipinski definition) is 1. The minimum absolute atomic E-state index is 0.00798. The van der Waals surface area contributed by atoms with Crippen LogP contribution in [0.5, 0.6) is 5.75 Å². The molecule has 0 saturated heterocycles. The number of amides is 1. The van der Waals surface area contributed by atoms with Crippen molar-refractivity contribution in [2.45, 2.75) is 38.1 Å². The molecular formula is C21H22BrFN2O2. The number of nitrogens with zero attached hydrogens (tertiary/aromatic N) is 1. The van der Waals surface area contributed by atoms with E-state index in [-0.39, 0.29) is 30.1 Å². The molecule has 0 unspecified atom stereocenters. The van der Waals surface area contributed by atoms with E-state index in [0.29, 0.717) is 10.2 Å². The first-order valence-electron chi connectivity index (χ1n) is 9.11. The Hall–Kier alpha value is -2.21. The molecule has 0 aromatic heterocycles. The second-order valence-corrected chi connectivity index (χ2v) is 7.53. The Bertz CT molecular complexity index is 802. The quantitative estimate of drug-likeness (QED) is 0.640. The van der Waals surface area contributed by atoms with Crippen molar-refractivity contribution >= 4 is 33.7 Å². The van der Waals surface area contributed by atoms with Gasteiger partial charge in [0.05, 0.1) is 5.69 Å². The van der Waals surface area contributed by atoms with Gasteiger partial charge in [-0.25, -0.2) is 4.39 Å². The smallest absolute Gasteiger partial charge is 0.258 e. The zero-order chi connectivity index (χ0) is 19.1. The van der Waals surface area contributed by atoms with Crippen LogP contribution in [-0.4, -0.2) is 24.8 Å². The van der Waals surface area contributed by atoms with Gasteiger partial charge in [-0.15, -0.1) is 0 Å². The van der Waals surface area contributed by atoms with Crippen LogP contribution in [0.4, 0.5) is 10.1 Å². The van der Waals surface area contributed by atoms with Crippen LogP contribution in [0.3, 0.4) is 0 Å². The van der Waals surface area contributed by atoms with Crippen molar-refractivity contribution in [1.29, 1.82) is 0 Å². The highest BCUT2D eigenvalue weighted by Crippen LogP contribution is 2.22. The van der Waals surface area contributed by atoms with Gasteiger partial charge in [-0.05, 0) is 60.9 Å². The maximum atomic E-state index is 13.8. The van der Waals surface area contributed by atoms with Gasteiger partial charge in [-0.2, -0.15) is 0 Å². The van der Waals surface area contributed by atoms with E-state index in [9.17, 15) is 9.18 Å². The molecular weight excluding hydrogens is 411 g/mol. The van der Waals surface area contributed by atoms with Gasteiger partial charge in [-0.3, -0.25) is 9.79 Å². The van der Waals surface area contributed by atoms with Gasteiger partial charge in [0.1, 0.15) is 11.6 Å². The largest absolute Gasteiger partial charge is 0.484 e. The number of benzene rings is 2. The molecule has 1 saturated carbocycles. The summed E-state index contributed by atoms with van der Waals surface area (Å²) in [7, 11) is 0. The number of nitrogens with one attached hydrogen (secondary N) is 1. The zero-order valence-corrected chi connectivity index (χ0v) is 16.5. The highest BCUT2D eigenvalue weighted by molar-refractivity contribution is 9.10. The molecule has 0 spiro atoms. The lowest BCUT2D eigenvalue weighted by atomic mass is 9.95. The fourth-order valence-corrected chi connectivity index (χ4v) is 3.38. The summed E-state index contributed by atoms with van der Waals surface area (Å²) in [4.78, 5) is 16.1. The molecule has 6 heteroatoms. The number of halogens is 2. The summed E-state index contributed by atoms with van der Waals surface area (Å²) in [6, 6.07) is 12.2. The standard InChI is InChI=1S/C21H22BrFN2O2/c22-16-8-11-20(19(23)12-16)24-13-15-6-9-18(10-7-15)27-14-21(26)25-17-4-2-1-3-5-17/h6-13,17H,1-5,14H2,(H,25,26). The SMILES string of the molecule is O=C(COc1ccc(C=Nc2ccc(Br)cc2F)cc1)NC1CCCCC1. The van der Waals surface area contributed by atoms with E-state index in [0.717, 1.165) is 18.4 Å². The number of carbonyl (C=O) groups is 1. The lowest BCUT2D eigenvalue weighted by Gasteiger charge is -2.22. The average Bonchev–Trinajstić information content (AvgIpc) is 2.67. The minimum atomic E-state index is -0.385. The summed E-state index contributed by atoms with van der Waals surface area (Å²) in [5.41, 5.74) is 1.09. The van der Waals surface area contributed by atoms with E-state index in [1.54, 1.807) is 30.5 Å². The monoisotopic (exact) mass is 432 g/mol. The van der Waals surface area contributed by atoms with E-state index in [2.05, 4.69) is 26.2 Å². The van der Waals surface area contributed by atoms with Crippen LogP contribution in [0.2, 0.25) is 0 Å². The molecule has 2 aromatic rings. The normalized spacial score (nSPS) is 15.0. The Balaban J connectivity index is 1.49. The van der Waals surface area contributed by atoms with Crippen molar-refractivity contribution in [3.05, 3.63) is 58.3 Å². The third-order valence-corrected chi connectivity index (χ3v) is 4.98. The first kappa shape index (κ1) is 19.5. The van der Waals surface area contributed by atoms with E-state index in [1.165, 1.54) is 25.3 Å². The van der Waals surface area contributed by atoms with E-state index < -0.39 is 0 Å². The van der Waals surface area contributed by atoms with E-state index >= 15 is 0 Å². The van der Waals surface area contributed by atoms with Gasteiger partial charge >= 0.3 is 0 Å². The molecule has 0 heterocycles. The summed E-state index contributed by atoms with van der Waals surface area (Å²) in [6.45, 7) is 0.00798. The second kappa shape index (κ2) is 9.65. The highest BCUT2D eigenvalue weighted by Gasteiger charge is 2.15. The van der Waals surface area contributed by atoms with Gasteiger partial charge in [0.25, 0.3) is 5.91 Å². The lowest BCUT2D eigenvalue weighted by molar-refractivity contribution is -0.124. The fraction of sp³-hybridized carbons (Fsp3) is 0.333. The van der Waals surface area contributed by atoms with Gasteiger partial charge in [0.2, 0.25) is 0 Å². The molecule has 1 amide bonds. The highest BCUT2D eigenvalue weighted by atomic mass is 79.9. The zero-order valence-electron chi connectivity index (χ0n) is 15.0.